The first kappa shape index (κ1) is 31.1. The summed E-state index contributed by atoms with van der Waals surface area (Å²) in [7, 11) is 0. The summed E-state index contributed by atoms with van der Waals surface area (Å²) < 4.78 is 0. The van der Waals surface area contributed by atoms with Crippen molar-refractivity contribution >= 4 is 35.8 Å². The maximum Gasteiger partial charge on any atom is 0.414 e. The fourth-order valence-corrected chi connectivity index (χ4v) is 0. The van der Waals surface area contributed by atoms with E-state index in [-0.39, 0.29) is 51.7 Å². The van der Waals surface area contributed by atoms with Gasteiger partial charge in [-0.3, -0.25) is 0 Å². The van der Waals surface area contributed by atoms with Crippen LogP contribution in [0, 0.1) is 0 Å². The summed E-state index contributed by atoms with van der Waals surface area (Å²) >= 11 is 0. The van der Waals surface area contributed by atoms with Gasteiger partial charge in [0.2, 0.25) is 0 Å². The van der Waals surface area contributed by atoms with Gasteiger partial charge in [-0.2, -0.15) is 0 Å². The largest absolute Gasteiger partial charge is 0.473 e. The molecule has 12 nitrogen and oxygen atoms in total. The van der Waals surface area contributed by atoms with Crippen LogP contribution in [0.25, 0.3) is 0 Å². The number of hydrogen-bond acceptors (Lipinski definition) is 6. The molecule has 0 heterocycles. The molecule has 0 fully saturated rings. The SMILES string of the molecule is O=C(O)C(=O)O.O=C(O)C(=O)O.O=C(O)C(=O)O.[Sc].[Sc]. The predicted molar refractivity (Wildman–Crippen MR) is 45.8 cm³/mol. The van der Waals surface area contributed by atoms with Gasteiger partial charge in [0.25, 0.3) is 0 Å². The van der Waals surface area contributed by atoms with E-state index in [9.17, 15) is 0 Å². The average molecular weight is 360 g/mol. The van der Waals surface area contributed by atoms with Gasteiger partial charge in [-0.25, -0.2) is 28.8 Å². The van der Waals surface area contributed by atoms with Crippen molar-refractivity contribution in [1.29, 1.82) is 0 Å². The van der Waals surface area contributed by atoms with Crippen LogP contribution in [0.3, 0.4) is 0 Å². The third-order valence-corrected chi connectivity index (χ3v) is 0.549. The number of carboxylic acid groups (broad SMARTS) is 6. The summed E-state index contributed by atoms with van der Waals surface area (Å²) in [6, 6.07) is 0. The second kappa shape index (κ2) is 17.6. The van der Waals surface area contributed by atoms with Crippen molar-refractivity contribution in [2.24, 2.45) is 0 Å². The molecule has 0 bridgehead atoms. The van der Waals surface area contributed by atoms with Gasteiger partial charge in [-0.1, -0.05) is 0 Å². The van der Waals surface area contributed by atoms with Crippen LogP contribution in [0.2, 0.25) is 0 Å². The number of carbonyl (C=O) groups is 6. The van der Waals surface area contributed by atoms with Gasteiger partial charge in [-0.15, -0.1) is 0 Å². The van der Waals surface area contributed by atoms with Crippen LogP contribution < -0.4 is 0 Å². The molecule has 2 radical (unpaired) electrons. The molecule has 20 heavy (non-hydrogen) atoms. The molecule has 0 aromatic carbocycles. The van der Waals surface area contributed by atoms with Gasteiger partial charge in [0.05, 0.1) is 0 Å². The zero-order valence-corrected chi connectivity index (χ0v) is 12.9. The average Bonchev–Trinajstić information content (AvgIpc) is 2.18. The Bertz CT molecular complexity index is 281. The Kier molecular flexibility index (Phi) is 27.3. The smallest absolute Gasteiger partial charge is 0.414 e. The van der Waals surface area contributed by atoms with Crippen LogP contribution in [0.4, 0.5) is 0 Å². The molecule has 6 N–H and O–H groups in total. The van der Waals surface area contributed by atoms with Crippen molar-refractivity contribution < 1.29 is 111 Å². The number of aliphatic carboxylic acids is 6. The van der Waals surface area contributed by atoms with E-state index in [1.165, 1.54) is 0 Å². The Hall–Kier alpha value is -1.44. The summed E-state index contributed by atoms with van der Waals surface area (Å²) in [5.41, 5.74) is 0. The van der Waals surface area contributed by atoms with Gasteiger partial charge in [-0.05, 0) is 0 Å². The van der Waals surface area contributed by atoms with Gasteiger partial charge in [0, 0.05) is 51.7 Å². The first-order chi connectivity index (χ1) is 7.93. The van der Waals surface area contributed by atoms with Gasteiger partial charge in [0.1, 0.15) is 0 Å². The normalized spacial score (nSPS) is 6.60. The quantitative estimate of drug-likeness (QED) is 0.246. The van der Waals surface area contributed by atoms with E-state index in [1.807, 2.05) is 0 Å². The van der Waals surface area contributed by atoms with Crippen LogP contribution in [0.5, 0.6) is 0 Å². The van der Waals surface area contributed by atoms with E-state index in [2.05, 4.69) is 0 Å². The summed E-state index contributed by atoms with van der Waals surface area (Å²) in [5, 5.41) is 44.3. The Morgan fingerprint density at radius 2 is 0.400 bits per heavy atom. The maximum absolute atomic E-state index is 9.10. The van der Waals surface area contributed by atoms with Crippen molar-refractivity contribution in [3.05, 3.63) is 0 Å². The molecule has 0 aliphatic heterocycles. The number of hydrogen-bond donors (Lipinski definition) is 6. The fraction of sp³-hybridized carbons (Fsp3) is 0. The van der Waals surface area contributed by atoms with Gasteiger partial charge >= 0.3 is 35.8 Å². The van der Waals surface area contributed by atoms with Crippen molar-refractivity contribution in [2.75, 3.05) is 0 Å². The first-order valence-electron chi connectivity index (χ1n) is 3.32. The molecule has 0 rings (SSSR count). The Morgan fingerprint density at radius 1 is 0.350 bits per heavy atom. The molecule has 0 unspecified atom stereocenters. The van der Waals surface area contributed by atoms with Crippen molar-refractivity contribution in [1.82, 2.24) is 0 Å². The maximum atomic E-state index is 9.10. The van der Waals surface area contributed by atoms with Crippen LogP contribution in [0.1, 0.15) is 0 Å². The predicted octanol–water partition coefficient (Wildman–Crippen LogP) is -2.54. The van der Waals surface area contributed by atoms with Gasteiger partial charge in [0.15, 0.2) is 0 Å². The minimum absolute atomic E-state index is 0. The zero-order valence-electron chi connectivity index (χ0n) is 9.29. The van der Waals surface area contributed by atoms with Crippen LogP contribution in [-0.2, 0) is 80.5 Å². The molecule has 0 aliphatic carbocycles. The molecule has 0 atom stereocenters. The summed E-state index contributed by atoms with van der Waals surface area (Å²) in [6.07, 6.45) is 0. The second-order valence-electron chi connectivity index (χ2n) is 1.83. The second-order valence-corrected chi connectivity index (χ2v) is 1.83. The topological polar surface area (TPSA) is 224 Å². The van der Waals surface area contributed by atoms with Crippen molar-refractivity contribution in [3.8, 4) is 0 Å². The Labute approximate surface area is 146 Å². The van der Waals surface area contributed by atoms with Crippen LogP contribution in [-0.4, -0.2) is 66.5 Å². The van der Waals surface area contributed by atoms with Crippen LogP contribution in [0.15, 0.2) is 0 Å². The molecule has 0 aromatic rings. The van der Waals surface area contributed by atoms with Crippen LogP contribution >= 0.6 is 0 Å². The van der Waals surface area contributed by atoms with Crippen molar-refractivity contribution in [3.63, 3.8) is 0 Å². The first-order valence-corrected chi connectivity index (χ1v) is 3.32. The van der Waals surface area contributed by atoms with E-state index < -0.39 is 35.8 Å². The van der Waals surface area contributed by atoms with E-state index in [0.717, 1.165) is 0 Å². The molecule has 0 saturated heterocycles. The van der Waals surface area contributed by atoms with E-state index in [1.54, 1.807) is 0 Å². The Morgan fingerprint density at radius 3 is 0.400 bits per heavy atom. The zero-order chi connectivity index (χ0) is 15.5. The third kappa shape index (κ3) is 36.0. The monoisotopic (exact) mass is 360 g/mol. The number of rotatable bonds is 0. The summed E-state index contributed by atoms with van der Waals surface area (Å²) in [5.74, 6) is -10.9. The molecular formula is C6H6O12Sc2. The molecule has 0 amide bonds. The number of carboxylic acids is 6. The van der Waals surface area contributed by atoms with Crippen molar-refractivity contribution in [2.45, 2.75) is 0 Å². The molecule has 0 aromatic heterocycles. The van der Waals surface area contributed by atoms with E-state index in [0.29, 0.717) is 0 Å². The summed E-state index contributed by atoms with van der Waals surface area (Å²) in [6.45, 7) is 0. The molecular weight excluding hydrogens is 354 g/mol. The van der Waals surface area contributed by atoms with Gasteiger partial charge < -0.3 is 30.6 Å². The molecule has 108 valence electrons. The third-order valence-electron chi connectivity index (χ3n) is 0.549. The molecule has 0 aliphatic rings. The summed E-state index contributed by atoms with van der Waals surface area (Å²) in [4.78, 5) is 54.6. The van der Waals surface area contributed by atoms with E-state index >= 15 is 0 Å². The minimum atomic E-state index is -1.82. The van der Waals surface area contributed by atoms with E-state index in [4.69, 9.17) is 59.4 Å². The molecule has 14 heteroatoms. The minimum Gasteiger partial charge on any atom is -0.473 e. The molecule has 0 spiro atoms. The Balaban J connectivity index is -0.0000000536. The fourth-order valence-electron chi connectivity index (χ4n) is 0. The molecule has 0 saturated carbocycles. The standard InChI is InChI=1S/3C2H2O4.2Sc/c3*3-1(4)2(5)6;;/h3*(H,3,4)(H,5,6);;.